The van der Waals surface area contributed by atoms with Gasteiger partial charge in [0.15, 0.2) is 5.88 Å². The van der Waals surface area contributed by atoms with Crippen molar-refractivity contribution in [3.63, 3.8) is 0 Å². The zero-order valence-corrected chi connectivity index (χ0v) is 10.2. The van der Waals surface area contributed by atoms with Crippen LogP contribution in [0.25, 0.3) is 6.08 Å². The normalized spacial score (nSPS) is 18.3. The first-order chi connectivity index (χ1) is 7.06. The summed E-state index contributed by atoms with van der Waals surface area (Å²) < 4.78 is 5.52. The highest BCUT2D eigenvalue weighted by Gasteiger charge is 2.13. The van der Waals surface area contributed by atoms with Gasteiger partial charge in [0.25, 0.3) is 0 Å². The Labute approximate surface area is 93.5 Å². The number of aromatic nitrogens is 1. The molecule has 0 radical (unpaired) electrons. The largest absolute Gasteiger partial charge is 0.444 e. The average molecular weight is 222 g/mol. The van der Waals surface area contributed by atoms with Gasteiger partial charge in [-0.2, -0.15) is 0 Å². The predicted molar refractivity (Wildman–Crippen MR) is 62.2 cm³/mol. The van der Waals surface area contributed by atoms with E-state index in [1.54, 1.807) is 11.3 Å². The van der Waals surface area contributed by atoms with Gasteiger partial charge >= 0.3 is 0 Å². The summed E-state index contributed by atoms with van der Waals surface area (Å²) in [5.74, 6) is 1.69. The SMILES string of the molecule is CC1=C(C)OC(=Cc2nc(C)c(C)s2)N1. The topological polar surface area (TPSA) is 34.1 Å². The first-order valence-electron chi connectivity index (χ1n) is 4.84. The average Bonchev–Trinajstić information content (AvgIpc) is 2.59. The molecular weight excluding hydrogens is 208 g/mol. The quantitative estimate of drug-likeness (QED) is 0.793. The van der Waals surface area contributed by atoms with Crippen molar-refractivity contribution in [3.05, 3.63) is 32.9 Å². The number of ether oxygens (including phenoxy) is 1. The standard InChI is InChI=1S/C11H14N2OS/c1-6-8(3)14-10(12-6)5-11-13-7(2)9(4)15-11/h5,12H,1-4H3. The number of thiazole rings is 1. The monoisotopic (exact) mass is 222 g/mol. The smallest absolute Gasteiger partial charge is 0.200 e. The van der Waals surface area contributed by atoms with Gasteiger partial charge in [0.05, 0.1) is 11.4 Å². The van der Waals surface area contributed by atoms with Crippen molar-refractivity contribution in [3.8, 4) is 0 Å². The molecule has 1 aliphatic heterocycles. The zero-order chi connectivity index (χ0) is 11.0. The lowest BCUT2D eigenvalue weighted by molar-refractivity contribution is 0.321. The van der Waals surface area contributed by atoms with Crippen LogP contribution >= 0.6 is 11.3 Å². The Morgan fingerprint density at radius 1 is 1.27 bits per heavy atom. The molecule has 0 saturated heterocycles. The van der Waals surface area contributed by atoms with Crippen LogP contribution in [0.15, 0.2) is 17.3 Å². The third kappa shape index (κ3) is 2.04. The van der Waals surface area contributed by atoms with Crippen molar-refractivity contribution >= 4 is 17.4 Å². The molecule has 1 N–H and O–H groups in total. The van der Waals surface area contributed by atoms with Crippen LogP contribution in [0.3, 0.4) is 0 Å². The van der Waals surface area contributed by atoms with Crippen LogP contribution in [0.4, 0.5) is 0 Å². The molecular formula is C11H14N2OS. The summed E-state index contributed by atoms with van der Waals surface area (Å²) in [6, 6.07) is 0. The van der Waals surface area contributed by atoms with E-state index in [2.05, 4.69) is 17.2 Å². The Morgan fingerprint density at radius 3 is 2.47 bits per heavy atom. The van der Waals surface area contributed by atoms with Gasteiger partial charge in [-0.1, -0.05) is 0 Å². The van der Waals surface area contributed by atoms with Gasteiger partial charge in [-0.15, -0.1) is 11.3 Å². The molecule has 1 aromatic rings. The van der Waals surface area contributed by atoms with Gasteiger partial charge in [0.2, 0.25) is 0 Å². The molecule has 0 atom stereocenters. The molecule has 4 heteroatoms. The first kappa shape index (κ1) is 10.2. The lowest BCUT2D eigenvalue weighted by Gasteiger charge is -1.97. The molecule has 0 saturated carbocycles. The summed E-state index contributed by atoms with van der Waals surface area (Å²) in [5.41, 5.74) is 2.15. The second-order valence-corrected chi connectivity index (χ2v) is 4.85. The van der Waals surface area contributed by atoms with Crippen molar-refractivity contribution in [2.45, 2.75) is 27.7 Å². The van der Waals surface area contributed by atoms with Crippen molar-refractivity contribution in [2.24, 2.45) is 0 Å². The fourth-order valence-corrected chi connectivity index (χ4v) is 2.13. The maximum absolute atomic E-state index is 5.52. The van der Waals surface area contributed by atoms with Gasteiger partial charge < -0.3 is 10.1 Å². The van der Waals surface area contributed by atoms with E-state index in [0.717, 1.165) is 28.0 Å². The summed E-state index contributed by atoms with van der Waals surface area (Å²) in [7, 11) is 0. The van der Waals surface area contributed by atoms with Gasteiger partial charge in [0, 0.05) is 11.0 Å². The molecule has 0 aliphatic carbocycles. The second-order valence-electron chi connectivity index (χ2n) is 3.61. The van der Waals surface area contributed by atoms with Crippen LogP contribution in [-0.4, -0.2) is 4.98 Å². The highest BCUT2D eigenvalue weighted by molar-refractivity contribution is 7.12. The minimum absolute atomic E-state index is 0.763. The summed E-state index contributed by atoms with van der Waals surface area (Å²) >= 11 is 1.68. The second kappa shape index (κ2) is 3.70. The van der Waals surface area contributed by atoms with Crippen molar-refractivity contribution in [1.29, 1.82) is 0 Å². The Bertz CT molecular complexity index is 422. The third-order valence-electron chi connectivity index (χ3n) is 2.40. The minimum atomic E-state index is 0.763. The lowest BCUT2D eigenvalue weighted by atomic mass is 10.4. The highest BCUT2D eigenvalue weighted by Crippen LogP contribution is 2.22. The van der Waals surface area contributed by atoms with E-state index >= 15 is 0 Å². The van der Waals surface area contributed by atoms with Crippen LogP contribution in [0.1, 0.15) is 29.4 Å². The van der Waals surface area contributed by atoms with E-state index in [0.29, 0.717) is 0 Å². The van der Waals surface area contributed by atoms with E-state index in [1.165, 1.54) is 4.88 Å². The maximum Gasteiger partial charge on any atom is 0.200 e. The summed E-state index contributed by atoms with van der Waals surface area (Å²) in [6.45, 7) is 8.04. The number of nitrogens with zero attached hydrogens (tertiary/aromatic N) is 1. The Balaban J connectivity index is 2.19. The Kier molecular flexibility index (Phi) is 2.52. The van der Waals surface area contributed by atoms with Crippen LogP contribution in [0.2, 0.25) is 0 Å². The van der Waals surface area contributed by atoms with Gasteiger partial charge in [-0.3, -0.25) is 0 Å². The molecule has 3 nitrogen and oxygen atoms in total. The number of nitrogens with one attached hydrogen (secondary N) is 1. The van der Waals surface area contributed by atoms with Crippen molar-refractivity contribution < 1.29 is 4.74 Å². The molecule has 1 aliphatic rings. The molecule has 0 spiro atoms. The van der Waals surface area contributed by atoms with Crippen LogP contribution in [0.5, 0.6) is 0 Å². The van der Waals surface area contributed by atoms with Crippen molar-refractivity contribution in [1.82, 2.24) is 10.3 Å². The molecule has 0 aromatic carbocycles. The number of rotatable bonds is 1. The molecule has 0 bridgehead atoms. The lowest BCUT2D eigenvalue weighted by Crippen LogP contribution is -2.03. The molecule has 1 aromatic heterocycles. The molecule has 0 amide bonds. The summed E-state index contributed by atoms with van der Waals surface area (Å²) in [5, 5.41) is 4.15. The molecule has 80 valence electrons. The van der Waals surface area contributed by atoms with E-state index in [-0.39, 0.29) is 0 Å². The zero-order valence-electron chi connectivity index (χ0n) is 9.34. The molecule has 2 rings (SSSR count). The number of hydrogen-bond acceptors (Lipinski definition) is 4. The summed E-state index contributed by atoms with van der Waals surface area (Å²) in [4.78, 5) is 5.68. The van der Waals surface area contributed by atoms with E-state index < -0.39 is 0 Å². The fourth-order valence-electron chi connectivity index (χ4n) is 1.28. The van der Waals surface area contributed by atoms with E-state index in [9.17, 15) is 0 Å². The van der Waals surface area contributed by atoms with Crippen LogP contribution in [0, 0.1) is 13.8 Å². The Hall–Kier alpha value is -1.29. The summed E-state index contributed by atoms with van der Waals surface area (Å²) in [6.07, 6.45) is 1.94. The number of hydrogen-bond donors (Lipinski definition) is 1. The number of aryl methyl sites for hydroxylation is 2. The van der Waals surface area contributed by atoms with Gasteiger partial charge in [0.1, 0.15) is 10.8 Å². The number of allylic oxidation sites excluding steroid dienone is 2. The molecule has 0 unspecified atom stereocenters. The molecule has 0 fully saturated rings. The third-order valence-corrected chi connectivity index (χ3v) is 3.42. The fraction of sp³-hybridized carbons (Fsp3) is 0.364. The van der Waals surface area contributed by atoms with Gasteiger partial charge in [-0.05, 0) is 27.7 Å². The molecule has 15 heavy (non-hydrogen) atoms. The van der Waals surface area contributed by atoms with Gasteiger partial charge in [-0.25, -0.2) is 4.98 Å². The molecule has 2 heterocycles. The Morgan fingerprint density at radius 2 is 2.00 bits per heavy atom. The first-order valence-corrected chi connectivity index (χ1v) is 5.66. The van der Waals surface area contributed by atoms with Crippen molar-refractivity contribution in [2.75, 3.05) is 0 Å². The van der Waals surface area contributed by atoms with Crippen LogP contribution in [-0.2, 0) is 4.74 Å². The highest BCUT2D eigenvalue weighted by atomic mass is 32.1. The van der Waals surface area contributed by atoms with Crippen LogP contribution < -0.4 is 5.32 Å². The predicted octanol–water partition coefficient (Wildman–Crippen LogP) is 2.93. The van der Waals surface area contributed by atoms with E-state index in [1.807, 2.05) is 26.8 Å². The minimum Gasteiger partial charge on any atom is -0.444 e. The maximum atomic E-state index is 5.52. The van der Waals surface area contributed by atoms with E-state index in [4.69, 9.17) is 4.74 Å².